The van der Waals surface area contributed by atoms with E-state index in [1.807, 2.05) is 97.1 Å². The molecule has 0 unspecified atom stereocenters. The smallest absolute Gasteiger partial charge is 0.225 e. The van der Waals surface area contributed by atoms with E-state index in [1.165, 1.54) is 0 Å². The zero-order chi connectivity index (χ0) is 20.6. The molecule has 4 rings (SSSR count). The minimum atomic E-state index is 0.422. The van der Waals surface area contributed by atoms with Crippen LogP contribution in [-0.4, -0.2) is 4.98 Å². The Balaban J connectivity index is 1.59. The first-order chi connectivity index (χ1) is 14.8. The number of ether oxygens (including phenoxy) is 2. The summed E-state index contributed by atoms with van der Waals surface area (Å²) < 4.78 is 12.0. The van der Waals surface area contributed by atoms with Crippen LogP contribution < -0.4 is 9.47 Å². The number of benzene rings is 3. The van der Waals surface area contributed by atoms with Gasteiger partial charge < -0.3 is 9.47 Å². The Morgan fingerprint density at radius 1 is 0.667 bits per heavy atom. The van der Waals surface area contributed by atoms with Gasteiger partial charge >= 0.3 is 0 Å². The van der Waals surface area contributed by atoms with Gasteiger partial charge in [0.15, 0.2) is 0 Å². The second-order valence-electron chi connectivity index (χ2n) is 6.77. The maximum absolute atomic E-state index is 6.10. The van der Waals surface area contributed by atoms with Gasteiger partial charge in [-0.15, -0.1) is 6.42 Å². The first-order valence-electron chi connectivity index (χ1n) is 9.73. The first-order valence-corrected chi connectivity index (χ1v) is 9.73. The minimum absolute atomic E-state index is 0.422. The van der Waals surface area contributed by atoms with Crippen molar-refractivity contribution in [2.24, 2.45) is 0 Å². The van der Waals surface area contributed by atoms with Crippen molar-refractivity contribution < 1.29 is 9.47 Å². The van der Waals surface area contributed by atoms with Gasteiger partial charge in [0.2, 0.25) is 11.8 Å². The van der Waals surface area contributed by atoms with Crippen molar-refractivity contribution in [2.45, 2.75) is 13.2 Å². The second-order valence-corrected chi connectivity index (χ2v) is 6.77. The highest BCUT2D eigenvalue weighted by Crippen LogP contribution is 2.31. The van der Waals surface area contributed by atoms with E-state index in [0.29, 0.717) is 25.0 Å². The number of aromatic nitrogens is 1. The summed E-state index contributed by atoms with van der Waals surface area (Å²) in [6.45, 7) is 0.869. The molecule has 3 nitrogen and oxygen atoms in total. The summed E-state index contributed by atoms with van der Waals surface area (Å²) in [5.74, 6) is 3.69. The predicted molar refractivity (Wildman–Crippen MR) is 119 cm³/mol. The number of pyridine rings is 1. The lowest BCUT2D eigenvalue weighted by Crippen LogP contribution is -2.02. The molecule has 4 aromatic rings. The van der Waals surface area contributed by atoms with Gasteiger partial charge in [-0.1, -0.05) is 78.7 Å². The van der Waals surface area contributed by atoms with Gasteiger partial charge in [0.05, 0.1) is 0 Å². The largest absolute Gasteiger partial charge is 0.473 e. The SMILES string of the molecule is C#Cc1ccc(-c2ccc(OCc3ccccc3)nc2OCc2ccccc2)cc1. The molecule has 0 atom stereocenters. The molecule has 146 valence electrons. The van der Waals surface area contributed by atoms with E-state index in [4.69, 9.17) is 15.9 Å². The number of nitrogens with zero attached hydrogens (tertiary/aromatic N) is 1. The van der Waals surface area contributed by atoms with Crippen LogP contribution in [0.15, 0.2) is 97.1 Å². The van der Waals surface area contributed by atoms with E-state index in [2.05, 4.69) is 10.9 Å². The molecule has 1 heterocycles. The van der Waals surface area contributed by atoms with Gasteiger partial charge in [0, 0.05) is 17.2 Å². The highest BCUT2D eigenvalue weighted by atomic mass is 16.5. The third-order valence-corrected chi connectivity index (χ3v) is 4.65. The average molecular weight is 391 g/mol. The molecule has 0 fully saturated rings. The third kappa shape index (κ3) is 4.87. The fourth-order valence-electron chi connectivity index (χ4n) is 3.04. The standard InChI is InChI=1S/C27H21NO2/c1-2-21-13-15-24(16-14-21)25-17-18-26(29-19-22-9-5-3-6-10-22)28-27(25)30-20-23-11-7-4-8-12-23/h1,3-18H,19-20H2. The lowest BCUT2D eigenvalue weighted by molar-refractivity contribution is 0.268. The Morgan fingerprint density at radius 2 is 1.27 bits per heavy atom. The zero-order valence-corrected chi connectivity index (χ0v) is 16.5. The summed E-state index contributed by atoms with van der Waals surface area (Å²) in [6.07, 6.45) is 5.48. The van der Waals surface area contributed by atoms with Gasteiger partial charge in [-0.05, 0) is 34.9 Å². The topological polar surface area (TPSA) is 31.4 Å². The summed E-state index contributed by atoms with van der Waals surface area (Å²) in [6, 6.07) is 31.6. The van der Waals surface area contributed by atoms with Crippen LogP contribution >= 0.6 is 0 Å². The lowest BCUT2D eigenvalue weighted by Gasteiger charge is -2.13. The molecule has 0 radical (unpaired) electrons. The van der Waals surface area contributed by atoms with Crippen molar-refractivity contribution in [3.8, 4) is 35.2 Å². The number of hydrogen-bond acceptors (Lipinski definition) is 3. The van der Waals surface area contributed by atoms with E-state index in [0.717, 1.165) is 27.8 Å². The number of rotatable bonds is 7. The van der Waals surface area contributed by atoms with Crippen LogP contribution in [0.1, 0.15) is 16.7 Å². The van der Waals surface area contributed by atoms with Crippen LogP contribution in [0, 0.1) is 12.3 Å². The highest BCUT2D eigenvalue weighted by molar-refractivity contribution is 5.69. The Bertz CT molecular complexity index is 1130. The van der Waals surface area contributed by atoms with Crippen LogP contribution in [0.25, 0.3) is 11.1 Å². The molecule has 0 aliphatic carbocycles. The fourth-order valence-corrected chi connectivity index (χ4v) is 3.04. The quantitative estimate of drug-likeness (QED) is 0.368. The van der Waals surface area contributed by atoms with E-state index in [1.54, 1.807) is 0 Å². The van der Waals surface area contributed by atoms with Gasteiger partial charge in [0.25, 0.3) is 0 Å². The summed E-state index contributed by atoms with van der Waals surface area (Å²) in [4.78, 5) is 4.64. The van der Waals surface area contributed by atoms with Gasteiger partial charge in [-0.25, -0.2) is 0 Å². The molecule has 0 amide bonds. The number of hydrogen-bond donors (Lipinski definition) is 0. The zero-order valence-electron chi connectivity index (χ0n) is 16.5. The predicted octanol–water partition coefficient (Wildman–Crippen LogP) is 5.89. The Labute approximate surface area is 177 Å². The maximum Gasteiger partial charge on any atom is 0.225 e. The van der Waals surface area contributed by atoms with E-state index in [-0.39, 0.29) is 0 Å². The lowest BCUT2D eigenvalue weighted by atomic mass is 10.1. The fraction of sp³-hybridized carbons (Fsp3) is 0.0741. The van der Waals surface area contributed by atoms with Crippen LogP contribution in [0.5, 0.6) is 11.8 Å². The molecule has 30 heavy (non-hydrogen) atoms. The summed E-state index contributed by atoms with van der Waals surface area (Å²) in [5.41, 5.74) is 4.87. The summed E-state index contributed by atoms with van der Waals surface area (Å²) in [5, 5.41) is 0. The highest BCUT2D eigenvalue weighted by Gasteiger charge is 2.11. The summed E-state index contributed by atoms with van der Waals surface area (Å²) >= 11 is 0. The Morgan fingerprint density at radius 3 is 1.87 bits per heavy atom. The van der Waals surface area contributed by atoms with E-state index < -0.39 is 0 Å². The van der Waals surface area contributed by atoms with Crippen LogP contribution in [0.3, 0.4) is 0 Å². The Kier molecular flexibility index (Phi) is 6.08. The van der Waals surface area contributed by atoms with Crippen molar-refractivity contribution in [3.63, 3.8) is 0 Å². The molecular formula is C27H21NO2. The van der Waals surface area contributed by atoms with Gasteiger partial charge in [-0.3, -0.25) is 0 Å². The van der Waals surface area contributed by atoms with E-state index >= 15 is 0 Å². The molecule has 0 bridgehead atoms. The normalized spacial score (nSPS) is 10.2. The molecule has 0 aliphatic heterocycles. The van der Waals surface area contributed by atoms with Gasteiger partial charge in [-0.2, -0.15) is 4.98 Å². The van der Waals surface area contributed by atoms with Gasteiger partial charge in [0.1, 0.15) is 13.2 Å². The molecule has 3 aromatic carbocycles. The molecule has 0 saturated carbocycles. The molecule has 0 saturated heterocycles. The summed E-state index contributed by atoms with van der Waals surface area (Å²) in [7, 11) is 0. The number of terminal acetylenes is 1. The van der Waals surface area contributed by atoms with Crippen LogP contribution in [-0.2, 0) is 13.2 Å². The van der Waals surface area contributed by atoms with Crippen molar-refractivity contribution in [3.05, 3.63) is 114 Å². The molecule has 0 N–H and O–H groups in total. The average Bonchev–Trinajstić information content (AvgIpc) is 2.83. The molecule has 1 aromatic heterocycles. The van der Waals surface area contributed by atoms with E-state index in [9.17, 15) is 0 Å². The molecule has 3 heteroatoms. The van der Waals surface area contributed by atoms with Crippen LogP contribution in [0.4, 0.5) is 0 Å². The molecular weight excluding hydrogens is 370 g/mol. The maximum atomic E-state index is 6.10. The van der Waals surface area contributed by atoms with Crippen molar-refractivity contribution in [1.29, 1.82) is 0 Å². The monoisotopic (exact) mass is 391 g/mol. The van der Waals surface area contributed by atoms with Crippen LogP contribution in [0.2, 0.25) is 0 Å². The van der Waals surface area contributed by atoms with Crippen molar-refractivity contribution in [2.75, 3.05) is 0 Å². The first kappa shape index (κ1) is 19.3. The Hall–Kier alpha value is -4.03. The third-order valence-electron chi connectivity index (χ3n) is 4.65. The minimum Gasteiger partial charge on any atom is -0.473 e. The second kappa shape index (κ2) is 9.45. The molecule has 0 aliphatic rings. The van der Waals surface area contributed by atoms with Crippen molar-refractivity contribution in [1.82, 2.24) is 4.98 Å². The van der Waals surface area contributed by atoms with Crippen molar-refractivity contribution >= 4 is 0 Å². The molecule has 0 spiro atoms.